The van der Waals surface area contributed by atoms with E-state index < -0.39 is 10.9 Å². The van der Waals surface area contributed by atoms with Crippen molar-refractivity contribution in [2.45, 2.75) is 13.8 Å². The van der Waals surface area contributed by atoms with Gasteiger partial charge in [0.1, 0.15) is 11.3 Å². The molecule has 108 valence electrons. The van der Waals surface area contributed by atoms with Gasteiger partial charge in [-0.1, -0.05) is 0 Å². The predicted molar refractivity (Wildman–Crippen MR) is 73.8 cm³/mol. The van der Waals surface area contributed by atoms with Crippen LogP contribution in [0.4, 0.5) is 5.69 Å². The number of ether oxygens (including phenoxy) is 1. The Morgan fingerprint density at radius 3 is 2.62 bits per heavy atom. The summed E-state index contributed by atoms with van der Waals surface area (Å²) in [6.45, 7) is 3.24. The third-order valence-electron chi connectivity index (χ3n) is 2.93. The van der Waals surface area contributed by atoms with E-state index in [2.05, 4.69) is 4.98 Å². The lowest BCUT2D eigenvalue weighted by atomic mass is 10.1. The molecule has 0 radical (unpaired) electrons. The van der Waals surface area contributed by atoms with Crippen LogP contribution in [0.15, 0.2) is 30.6 Å². The molecular weight excluding hydrogens is 276 g/mol. The van der Waals surface area contributed by atoms with Gasteiger partial charge >= 0.3 is 5.97 Å². The van der Waals surface area contributed by atoms with Crippen LogP contribution in [0, 0.1) is 24.0 Å². The van der Waals surface area contributed by atoms with Gasteiger partial charge in [-0.3, -0.25) is 15.1 Å². The van der Waals surface area contributed by atoms with Crippen LogP contribution >= 0.6 is 0 Å². The van der Waals surface area contributed by atoms with Crippen molar-refractivity contribution in [2.75, 3.05) is 0 Å². The van der Waals surface area contributed by atoms with Gasteiger partial charge in [-0.05, 0) is 31.5 Å². The summed E-state index contributed by atoms with van der Waals surface area (Å²) in [4.78, 5) is 25.3. The van der Waals surface area contributed by atoms with Gasteiger partial charge in [0.15, 0.2) is 5.75 Å². The minimum atomic E-state index is -1.14. The average Bonchev–Trinajstić information content (AvgIpc) is 2.42. The second kappa shape index (κ2) is 5.58. The van der Waals surface area contributed by atoms with Gasteiger partial charge in [0.2, 0.25) is 0 Å². The van der Waals surface area contributed by atoms with Crippen LogP contribution in [-0.2, 0) is 0 Å². The van der Waals surface area contributed by atoms with Gasteiger partial charge in [0.05, 0.1) is 11.1 Å². The Kier molecular flexibility index (Phi) is 3.84. The minimum absolute atomic E-state index is 0.00973. The largest absolute Gasteiger partial charge is 0.478 e. The van der Waals surface area contributed by atoms with Gasteiger partial charge < -0.3 is 9.84 Å². The third kappa shape index (κ3) is 2.97. The number of rotatable bonds is 4. The number of benzene rings is 1. The van der Waals surface area contributed by atoms with E-state index in [1.54, 1.807) is 13.8 Å². The molecule has 0 atom stereocenters. The Balaban J connectivity index is 2.44. The number of nitro groups is 1. The minimum Gasteiger partial charge on any atom is -0.478 e. The highest BCUT2D eigenvalue weighted by Gasteiger charge is 2.17. The number of carbonyl (C=O) groups is 1. The maximum Gasteiger partial charge on any atom is 0.339 e. The zero-order valence-corrected chi connectivity index (χ0v) is 11.4. The van der Waals surface area contributed by atoms with Crippen LogP contribution in [-0.4, -0.2) is 21.0 Å². The first-order chi connectivity index (χ1) is 9.90. The molecule has 0 spiro atoms. The summed E-state index contributed by atoms with van der Waals surface area (Å²) in [6.07, 6.45) is 2.64. The molecule has 0 aliphatic rings. The summed E-state index contributed by atoms with van der Waals surface area (Å²) in [5.41, 5.74) is 0.929. The summed E-state index contributed by atoms with van der Waals surface area (Å²) in [7, 11) is 0. The monoisotopic (exact) mass is 288 g/mol. The highest BCUT2D eigenvalue weighted by atomic mass is 16.6. The molecule has 7 nitrogen and oxygen atoms in total. The van der Waals surface area contributed by atoms with Crippen molar-refractivity contribution in [3.8, 4) is 11.5 Å². The van der Waals surface area contributed by atoms with Gasteiger partial charge in [-0.25, -0.2) is 4.79 Å². The fourth-order valence-corrected chi connectivity index (χ4v) is 1.84. The number of nitro benzene ring substituents is 1. The molecule has 0 aliphatic carbocycles. The van der Waals surface area contributed by atoms with Crippen molar-refractivity contribution in [3.63, 3.8) is 0 Å². The Labute approximate surface area is 120 Å². The van der Waals surface area contributed by atoms with Gasteiger partial charge in [0, 0.05) is 17.8 Å². The second-order valence-electron chi connectivity index (χ2n) is 4.44. The first-order valence-electron chi connectivity index (χ1n) is 6.01. The molecular formula is C14H12N2O5. The topological polar surface area (TPSA) is 103 Å². The Hall–Kier alpha value is -2.96. The first kappa shape index (κ1) is 14.4. The Bertz CT molecular complexity index is 727. The molecule has 1 heterocycles. The summed E-state index contributed by atoms with van der Waals surface area (Å²) in [5, 5.41) is 20.0. The van der Waals surface area contributed by atoms with E-state index in [-0.39, 0.29) is 17.0 Å². The fourth-order valence-electron chi connectivity index (χ4n) is 1.84. The summed E-state index contributed by atoms with van der Waals surface area (Å²) in [6, 6.07) is 4.22. The maximum absolute atomic E-state index is 11.1. The van der Waals surface area contributed by atoms with Crippen molar-refractivity contribution >= 4 is 11.7 Å². The van der Waals surface area contributed by atoms with Crippen molar-refractivity contribution in [1.29, 1.82) is 0 Å². The normalized spacial score (nSPS) is 10.2. The fraction of sp³-hybridized carbons (Fsp3) is 0.143. The number of aryl methyl sites for hydroxylation is 2. The molecule has 0 saturated carbocycles. The maximum atomic E-state index is 11.1. The highest BCUT2D eigenvalue weighted by molar-refractivity contribution is 5.90. The SMILES string of the molecule is Cc1cc([N+](=O)[O-])c(C)cc1Oc1cnccc1C(=O)O. The van der Waals surface area contributed by atoms with E-state index >= 15 is 0 Å². The second-order valence-corrected chi connectivity index (χ2v) is 4.44. The molecule has 2 aromatic rings. The number of nitrogens with zero attached hydrogens (tertiary/aromatic N) is 2. The highest BCUT2D eigenvalue weighted by Crippen LogP contribution is 2.32. The van der Waals surface area contributed by atoms with Crippen LogP contribution in [0.1, 0.15) is 21.5 Å². The molecule has 0 fully saturated rings. The van der Waals surface area contributed by atoms with Crippen molar-refractivity contribution in [2.24, 2.45) is 0 Å². The quantitative estimate of drug-likeness (QED) is 0.685. The van der Waals surface area contributed by atoms with E-state index in [1.807, 2.05) is 0 Å². The Morgan fingerprint density at radius 1 is 1.29 bits per heavy atom. The van der Waals surface area contributed by atoms with Gasteiger partial charge in [-0.15, -0.1) is 0 Å². The summed E-state index contributed by atoms with van der Waals surface area (Å²) in [5.74, 6) is -0.696. The van der Waals surface area contributed by atoms with E-state index in [0.29, 0.717) is 16.9 Å². The lowest BCUT2D eigenvalue weighted by molar-refractivity contribution is -0.385. The number of hydrogen-bond donors (Lipinski definition) is 1. The molecule has 0 unspecified atom stereocenters. The average molecular weight is 288 g/mol. The van der Waals surface area contributed by atoms with Crippen molar-refractivity contribution in [3.05, 3.63) is 57.4 Å². The Morgan fingerprint density at radius 2 is 2.00 bits per heavy atom. The molecule has 0 amide bonds. The molecule has 0 saturated heterocycles. The van der Waals surface area contributed by atoms with E-state index in [1.165, 1.54) is 30.6 Å². The molecule has 7 heteroatoms. The first-order valence-corrected chi connectivity index (χ1v) is 6.01. The van der Waals surface area contributed by atoms with E-state index in [4.69, 9.17) is 9.84 Å². The lowest BCUT2D eigenvalue weighted by Gasteiger charge is -2.11. The van der Waals surface area contributed by atoms with E-state index in [9.17, 15) is 14.9 Å². The number of carboxylic acids is 1. The molecule has 0 bridgehead atoms. The lowest BCUT2D eigenvalue weighted by Crippen LogP contribution is -2.01. The van der Waals surface area contributed by atoms with Crippen LogP contribution in [0.3, 0.4) is 0 Å². The molecule has 1 N–H and O–H groups in total. The third-order valence-corrected chi connectivity index (χ3v) is 2.93. The zero-order chi connectivity index (χ0) is 15.6. The molecule has 2 rings (SSSR count). The summed E-state index contributed by atoms with van der Waals surface area (Å²) >= 11 is 0. The van der Waals surface area contributed by atoms with E-state index in [0.717, 1.165) is 0 Å². The number of hydrogen-bond acceptors (Lipinski definition) is 5. The van der Waals surface area contributed by atoms with Crippen molar-refractivity contribution < 1.29 is 19.6 Å². The smallest absolute Gasteiger partial charge is 0.339 e. The number of aromatic carboxylic acids is 1. The van der Waals surface area contributed by atoms with Crippen LogP contribution in [0.2, 0.25) is 0 Å². The molecule has 21 heavy (non-hydrogen) atoms. The predicted octanol–water partition coefficient (Wildman–Crippen LogP) is 3.10. The van der Waals surface area contributed by atoms with Crippen LogP contribution in [0.5, 0.6) is 11.5 Å². The number of aromatic nitrogens is 1. The molecule has 1 aromatic heterocycles. The molecule has 1 aromatic carbocycles. The molecule has 0 aliphatic heterocycles. The number of pyridine rings is 1. The van der Waals surface area contributed by atoms with Gasteiger partial charge in [-0.2, -0.15) is 0 Å². The van der Waals surface area contributed by atoms with Crippen molar-refractivity contribution in [1.82, 2.24) is 4.98 Å². The van der Waals surface area contributed by atoms with Crippen LogP contribution < -0.4 is 4.74 Å². The summed E-state index contributed by atoms with van der Waals surface area (Å²) < 4.78 is 5.55. The van der Waals surface area contributed by atoms with Crippen LogP contribution in [0.25, 0.3) is 0 Å². The zero-order valence-electron chi connectivity index (χ0n) is 11.4. The van der Waals surface area contributed by atoms with Gasteiger partial charge in [0.25, 0.3) is 5.69 Å². The number of carboxylic acid groups (broad SMARTS) is 1. The standard InChI is InChI=1S/C14H12N2O5/c1-8-6-12(9(2)5-11(8)16(19)20)21-13-7-15-4-3-10(13)14(17)18/h3-7H,1-2H3,(H,17,18).